The van der Waals surface area contributed by atoms with Crippen LogP contribution in [-0.2, 0) is 14.2 Å². The van der Waals surface area contributed by atoms with Gasteiger partial charge in [-0.05, 0) is 19.3 Å². The molecular formula is C14H20O4. The number of rotatable bonds is 5. The molecule has 1 aromatic rings. The van der Waals surface area contributed by atoms with E-state index in [0.29, 0.717) is 6.61 Å². The Morgan fingerprint density at radius 1 is 1.33 bits per heavy atom. The molecule has 0 amide bonds. The first-order chi connectivity index (χ1) is 8.79. The Hall–Kier alpha value is -0.940. The van der Waals surface area contributed by atoms with Crippen molar-refractivity contribution in [2.45, 2.75) is 37.9 Å². The van der Waals surface area contributed by atoms with E-state index in [1.807, 2.05) is 30.3 Å². The van der Waals surface area contributed by atoms with E-state index >= 15 is 0 Å². The van der Waals surface area contributed by atoms with Gasteiger partial charge in [-0.25, -0.2) is 0 Å². The quantitative estimate of drug-likeness (QED) is 0.816. The van der Waals surface area contributed by atoms with Crippen LogP contribution in [0, 0.1) is 0 Å². The van der Waals surface area contributed by atoms with Gasteiger partial charge >= 0.3 is 0 Å². The highest BCUT2D eigenvalue weighted by molar-refractivity contribution is 5.15. The second-order valence-corrected chi connectivity index (χ2v) is 4.45. The van der Waals surface area contributed by atoms with Crippen LogP contribution in [0.5, 0.6) is 0 Å². The van der Waals surface area contributed by atoms with E-state index in [2.05, 4.69) is 0 Å². The predicted octanol–water partition coefficient (Wildman–Crippen LogP) is 2.24. The highest BCUT2D eigenvalue weighted by Crippen LogP contribution is 2.21. The summed E-state index contributed by atoms with van der Waals surface area (Å²) in [5, 5.41) is 9.87. The first-order valence-electron chi connectivity index (χ1n) is 6.32. The minimum atomic E-state index is -0.891. The van der Waals surface area contributed by atoms with Crippen molar-refractivity contribution in [2.24, 2.45) is 0 Å². The summed E-state index contributed by atoms with van der Waals surface area (Å²) < 4.78 is 16.3. The number of methoxy groups -OCH3 is 1. The van der Waals surface area contributed by atoms with Crippen molar-refractivity contribution in [3.05, 3.63) is 35.9 Å². The predicted molar refractivity (Wildman–Crippen MR) is 66.9 cm³/mol. The Morgan fingerprint density at radius 3 is 2.83 bits per heavy atom. The van der Waals surface area contributed by atoms with Crippen LogP contribution < -0.4 is 0 Å². The van der Waals surface area contributed by atoms with Gasteiger partial charge in [0.2, 0.25) is 0 Å². The zero-order chi connectivity index (χ0) is 12.8. The van der Waals surface area contributed by atoms with Crippen LogP contribution in [0.2, 0.25) is 0 Å². The molecule has 3 unspecified atom stereocenters. The van der Waals surface area contributed by atoms with Crippen LogP contribution >= 0.6 is 0 Å². The van der Waals surface area contributed by atoms with E-state index in [-0.39, 0.29) is 12.4 Å². The number of benzene rings is 1. The number of hydrogen-bond donors (Lipinski definition) is 1. The summed E-state index contributed by atoms with van der Waals surface area (Å²) in [5.41, 5.74) is 0.761. The van der Waals surface area contributed by atoms with Crippen molar-refractivity contribution in [3.8, 4) is 0 Å². The van der Waals surface area contributed by atoms with Crippen LogP contribution in [0.25, 0.3) is 0 Å². The topological polar surface area (TPSA) is 47.9 Å². The summed E-state index contributed by atoms with van der Waals surface area (Å²) in [6.45, 7) is 0.385. The van der Waals surface area contributed by atoms with Gasteiger partial charge in [0.25, 0.3) is 0 Å². The lowest BCUT2D eigenvalue weighted by Gasteiger charge is -2.29. The van der Waals surface area contributed by atoms with Crippen LogP contribution in [0.1, 0.15) is 31.1 Å². The van der Waals surface area contributed by atoms with Crippen LogP contribution in [0.4, 0.5) is 0 Å². The maximum Gasteiger partial charge on any atom is 0.181 e. The molecule has 0 spiro atoms. The third-order valence-corrected chi connectivity index (χ3v) is 3.10. The molecule has 0 saturated carbocycles. The van der Waals surface area contributed by atoms with Gasteiger partial charge in [0.15, 0.2) is 12.6 Å². The van der Waals surface area contributed by atoms with Crippen molar-refractivity contribution in [2.75, 3.05) is 13.7 Å². The van der Waals surface area contributed by atoms with Crippen LogP contribution in [0.3, 0.4) is 0 Å². The van der Waals surface area contributed by atoms with Crippen molar-refractivity contribution >= 4 is 0 Å². The van der Waals surface area contributed by atoms with Gasteiger partial charge < -0.3 is 19.3 Å². The molecule has 4 heteroatoms. The fraction of sp³-hybridized carbons (Fsp3) is 0.571. The lowest BCUT2D eigenvalue weighted by atomic mass is 10.1. The molecule has 1 heterocycles. The van der Waals surface area contributed by atoms with Crippen molar-refractivity contribution in [3.63, 3.8) is 0 Å². The summed E-state index contributed by atoms with van der Waals surface area (Å²) in [6.07, 6.45) is 1.91. The molecule has 1 fully saturated rings. The van der Waals surface area contributed by atoms with Gasteiger partial charge in [-0.15, -0.1) is 0 Å². The largest absolute Gasteiger partial charge is 0.364 e. The summed E-state index contributed by atoms with van der Waals surface area (Å²) in [6, 6.07) is 9.33. The molecule has 2 rings (SSSR count). The third-order valence-electron chi connectivity index (χ3n) is 3.10. The maximum atomic E-state index is 9.87. The van der Waals surface area contributed by atoms with Crippen molar-refractivity contribution in [1.29, 1.82) is 0 Å². The first kappa shape index (κ1) is 13.5. The second-order valence-electron chi connectivity index (χ2n) is 4.45. The Balaban J connectivity index is 1.77. The zero-order valence-corrected chi connectivity index (χ0v) is 10.6. The Morgan fingerprint density at radius 2 is 2.11 bits per heavy atom. The molecule has 0 bridgehead atoms. The molecule has 0 aromatic heterocycles. The van der Waals surface area contributed by atoms with E-state index in [9.17, 15) is 5.11 Å². The minimum absolute atomic E-state index is 0.00191. The Bertz CT molecular complexity index is 341. The molecule has 1 saturated heterocycles. The summed E-state index contributed by atoms with van der Waals surface area (Å²) in [7, 11) is 1.65. The molecule has 1 aromatic carbocycles. The number of ether oxygens (including phenoxy) is 3. The monoisotopic (exact) mass is 252 g/mol. The zero-order valence-electron chi connectivity index (χ0n) is 10.6. The summed E-state index contributed by atoms with van der Waals surface area (Å²) >= 11 is 0. The normalized spacial score (nSPS) is 25.9. The van der Waals surface area contributed by atoms with E-state index in [4.69, 9.17) is 14.2 Å². The average molecular weight is 252 g/mol. The maximum absolute atomic E-state index is 9.87. The Labute approximate surface area is 107 Å². The Kier molecular flexibility index (Phi) is 5.13. The van der Waals surface area contributed by atoms with Crippen LogP contribution in [0.15, 0.2) is 30.3 Å². The number of aliphatic hydroxyl groups excluding tert-OH is 1. The fourth-order valence-electron chi connectivity index (χ4n) is 2.07. The first-order valence-corrected chi connectivity index (χ1v) is 6.32. The SMILES string of the molecule is COC1CCCC(COC(O)c2ccccc2)O1. The highest BCUT2D eigenvalue weighted by atomic mass is 16.7. The van der Waals surface area contributed by atoms with Gasteiger partial charge in [0.05, 0.1) is 12.7 Å². The molecule has 1 N–H and O–H groups in total. The molecule has 1 aliphatic heterocycles. The third kappa shape index (κ3) is 3.78. The molecule has 0 aliphatic carbocycles. The van der Waals surface area contributed by atoms with Crippen molar-refractivity contribution in [1.82, 2.24) is 0 Å². The van der Waals surface area contributed by atoms with Gasteiger partial charge in [0, 0.05) is 12.7 Å². The molecule has 1 aliphatic rings. The van der Waals surface area contributed by atoms with Gasteiger partial charge in [-0.1, -0.05) is 30.3 Å². The molecule has 18 heavy (non-hydrogen) atoms. The number of hydrogen-bond acceptors (Lipinski definition) is 4. The fourth-order valence-corrected chi connectivity index (χ4v) is 2.07. The van der Waals surface area contributed by atoms with Gasteiger partial charge in [0.1, 0.15) is 0 Å². The van der Waals surface area contributed by atoms with E-state index < -0.39 is 6.29 Å². The molecule has 3 atom stereocenters. The van der Waals surface area contributed by atoms with Crippen molar-refractivity contribution < 1.29 is 19.3 Å². The summed E-state index contributed by atoms with van der Waals surface area (Å²) in [5.74, 6) is 0. The van der Waals surface area contributed by atoms with E-state index in [1.54, 1.807) is 7.11 Å². The summed E-state index contributed by atoms with van der Waals surface area (Å²) in [4.78, 5) is 0. The highest BCUT2D eigenvalue weighted by Gasteiger charge is 2.23. The average Bonchev–Trinajstić information content (AvgIpc) is 2.46. The molecule has 4 nitrogen and oxygen atoms in total. The smallest absolute Gasteiger partial charge is 0.181 e. The lowest BCUT2D eigenvalue weighted by molar-refractivity contribution is -0.210. The lowest BCUT2D eigenvalue weighted by Crippen LogP contribution is -2.32. The number of aliphatic hydroxyl groups is 1. The molecule has 100 valence electrons. The van der Waals surface area contributed by atoms with Crippen LogP contribution in [-0.4, -0.2) is 31.2 Å². The molecular weight excluding hydrogens is 232 g/mol. The van der Waals surface area contributed by atoms with E-state index in [0.717, 1.165) is 24.8 Å². The molecule has 0 radical (unpaired) electrons. The standard InChI is InChI=1S/C14H20O4/c1-16-13-9-5-8-12(18-13)10-17-14(15)11-6-3-2-4-7-11/h2-4,6-7,12-15H,5,8-10H2,1H3. The van der Waals surface area contributed by atoms with E-state index in [1.165, 1.54) is 0 Å². The van der Waals surface area contributed by atoms with Gasteiger partial charge in [-0.2, -0.15) is 0 Å². The second kappa shape index (κ2) is 6.85. The van der Waals surface area contributed by atoms with Gasteiger partial charge in [-0.3, -0.25) is 0 Å². The minimum Gasteiger partial charge on any atom is -0.364 e.